The van der Waals surface area contributed by atoms with Crippen molar-refractivity contribution >= 4 is 10.0 Å². The maximum atomic E-state index is 12.9. The first-order valence-electron chi connectivity index (χ1n) is 7.12. The Kier molecular flexibility index (Phi) is 4.72. The third kappa shape index (κ3) is 3.29. The zero-order valence-electron chi connectivity index (χ0n) is 13.0. The molecule has 0 aliphatic carbocycles. The van der Waals surface area contributed by atoms with Crippen molar-refractivity contribution in [2.24, 2.45) is 0 Å². The number of ether oxygens (including phenoxy) is 1. The van der Waals surface area contributed by atoms with Gasteiger partial charge in [0.15, 0.2) is 0 Å². The molecule has 5 nitrogen and oxygen atoms in total. The molecule has 0 radical (unpaired) electrons. The van der Waals surface area contributed by atoms with E-state index in [0.717, 1.165) is 11.1 Å². The van der Waals surface area contributed by atoms with Crippen molar-refractivity contribution in [2.75, 3.05) is 13.1 Å². The van der Waals surface area contributed by atoms with E-state index in [-0.39, 0.29) is 23.7 Å². The number of aryl methyl sites for hydroxylation is 1. The second-order valence-corrected chi connectivity index (χ2v) is 7.68. The van der Waals surface area contributed by atoms with Crippen molar-refractivity contribution in [3.63, 3.8) is 0 Å². The number of nitrogens with zero attached hydrogens (tertiary/aromatic N) is 1. The Bertz CT molecular complexity index is 617. The summed E-state index contributed by atoms with van der Waals surface area (Å²) in [5.74, 6) is 0. The molecule has 2 atom stereocenters. The first kappa shape index (κ1) is 16.4. The van der Waals surface area contributed by atoms with Gasteiger partial charge in [-0.2, -0.15) is 4.31 Å². The molecule has 0 aromatic heterocycles. The summed E-state index contributed by atoms with van der Waals surface area (Å²) in [5.41, 5.74) is 2.22. The third-order valence-electron chi connectivity index (χ3n) is 3.87. The number of aliphatic hydroxyl groups excluding tert-OH is 1. The number of hydrogen-bond acceptors (Lipinski definition) is 4. The van der Waals surface area contributed by atoms with Gasteiger partial charge in [-0.05, 0) is 50.5 Å². The zero-order valence-corrected chi connectivity index (χ0v) is 13.8. The van der Waals surface area contributed by atoms with Gasteiger partial charge in [-0.15, -0.1) is 0 Å². The van der Waals surface area contributed by atoms with Gasteiger partial charge in [0.25, 0.3) is 0 Å². The predicted octanol–water partition coefficient (Wildman–Crippen LogP) is 1.59. The summed E-state index contributed by atoms with van der Waals surface area (Å²) in [6.07, 6.45) is -0.239. The number of rotatable bonds is 3. The highest BCUT2D eigenvalue weighted by molar-refractivity contribution is 7.89. The Labute approximate surface area is 126 Å². The molecule has 0 amide bonds. The van der Waals surface area contributed by atoms with Gasteiger partial charge in [-0.1, -0.05) is 6.07 Å². The third-order valence-corrected chi connectivity index (χ3v) is 5.82. The van der Waals surface area contributed by atoms with Gasteiger partial charge < -0.3 is 9.84 Å². The minimum absolute atomic E-state index is 0.119. The molecule has 0 bridgehead atoms. The van der Waals surface area contributed by atoms with Crippen LogP contribution in [0, 0.1) is 13.8 Å². The highest BCUT2D eigenvalue weighted by atomic mass is 32.2. The van der Waals surface area contributed by atoms with E-state index in [1.54, 1.807) is 13.0 Å². The monoisotopic (exact) mass is 313 g/mol. The van der Waals surface area contributed by atoms with Crippen molar-refractivity contribution in [3.8, 4) is 0 Å². The number of sulfonamides is 1. The average molecular weight is 313 g/mol. The fraction of sp³-hybridized carbons (Fsp3) is 0.600. The number of morpholine rings is 1. The molecule has 1 heterocycles. The van der Waals surface area contributed by atoms with Gasteiger partial charge in [0.1, 0.15) is 0 Å². The van der Waals surface area contributed by atoms with Crippen LogP contribution in [0.1, 0.15) is 30.5 Å². The molecule has 2 unspecified atom stereocenters. The summed E-state index contributed by atoms with van der Waals surface area (Å²) in [4.78, 5) is 0.285. The lowest BCUT2D eigenvalue weighted by atomic mass is 10.1. The normalized spacial score (nSPS) is 24.2. The molecule has 1 aliphatic heterocycles. The first-order valence-corrected chi connectivity index (χ1v) is 8.56. The van der Waals surface area contributed by atoms with Gasteiger partial charge in [0.2, 0.25) is 10.0 Å². The summed E-state index contributed by atoms with van der Waals surface area (Å²) >= 11 is 0. The van der Waals surface area contributed by atoms with E-state index in [2.05, 4.69) is 0 Å². The van der Waals surface area contributed by atoms with Crippen molar-refractivity contribution in [2.45, 2.75) is 51.4 Å². The van der Waals surface area contributed by atoms with Crippen molar-refractivity contribution < 1.29 is 18.3 Å². The van der Waals surface area contributed by atoms with Crippen LogP contribution in [-0.2, 0) is 21.4 Å². The van der Waals surface area contributed by atoms with Crippen molar-refractivity contribution in [3.05, 3.63) is 28.8 Å². The van der Waals surface area contributed by atoms with E-state index in [9.17, 15) is 13.5 Å². The van der Waals surface area contributed by atoms with E-state index < -0.39 is 10.0 Å². The molecular formula is C15H23NO4S. The lowest BCUT2D eigenvalue weighted by Crippen LogP contribution is -2.48. The molecule has 118 valence electrons. The second kappa shape index (κ2) is 6.04. The summed E-state index contributed by atoms with van der Waals surface area (Å²) < 4.78 is 32.9. The fourth-order valence-electron chi connectivity index (χ4n) is 2.72. The number of hydrogen-bond donors (Lipinski definition) is 1. The predicted molar refractivity (Wildman–Crippen MR) is 80.6 cm³/mol. The Balaban J connectivity index is 2.46. The van der Waals surface area contributed by atoms with Crippen LogP contribution < -0.4 is 0 Å². The molecule has 1 N–H and O–H groups in total. The minimum atomic E-state index is -3.57. The zero-order chi connectivity index (χ0) is 15.8. The van der Waals surface area contributed by atoms with Gasteiger partial charge in [0.05, 0.1) is 23.7 Å². The second-order valence-electron chi connectivity index (χ2n) is 5.77. The van der Waals surface area contributed by atoms with E-state index >= 15 is 0 Å². The first-order chi connectivity index (χ1) is 9.75. The van der Waals surface area contributed by atoms with Crippen LogP contribution in [0.5, 0.6) is 0 Å². The summed E-state index contributed by atoms with van der Waals surface area (Å²) in [5, 5.41) is 9.31. The average Bonchev–Trinajstić information content (AvgIpc) is 2.40. The molecule has 21 heavy (non-hydrogen) atoms. The Morgan fingerprint density at radius 2 is 1.81 bits per heavy atom. The van der Waals surface area contributed by atoms with Crippen LogP contribution in [-0.4, -0.2) is 43.1 Å². The van der Waals surface area contributed by atoms with Crippen LogP contribution in [0.4, 0.5) is 0 Å². The molecule has 2 rings (SSSR count). The van der Waals surface area contributed by atoms with E-state index in [0.29, 0.717) is 18.7 Å². The smallest absolute Gasteiger partial charge is 0.243 e. The SMILES string of the molecule is Cc1cc(CO)cc(S(=O)(=O)N2CC(C)OC(C)C2)c1C. The van der Waals surface area contributed by atoms with Gasteiger partial charge in [-0.25, -0.2) is 8.42 Å². The van der Waals surface area contributed by atoms with Crippen LogP contribution in [0.15, 0.2) is 17.0 Å². The van der Waals surface area contributed by atoms with Crippen LogP contribution in [0.2, 0.25) is 0 Å². The molecule has 1 saturated heterocycles. The Hall–Kier alpha value is -0.950. The molecule has 1 aromatic carbocycles. The standard InChI is InChI=1S/C15H23NO4S/c1-10-5-14(9-17)6-15(13(10)4)21(18,19)16-7-11(2)20-12(3)8-16/h5-6,11-12,17H,7-9H2,1-4H3. The minimum Gasteiger partial charge on any atom is -0.392 e. The van der Waals surface area contributed by atoms with Crippen LogP contribution >= 0.6 is 0 Å². The van der Waals surface area contributed by atoms with Gasteiger partial charge in [0, 0.05) is 13.1 Å². The Morgan fingerprint density at radius 1 is 1.24 bits per heavy atom. The lowest BCUT2D eigenvalue weighted by Gasteiger charge is -2.34. The molecule has 6 heteroatoms. The van der Waals surface area contributed by atoms with Crippen molar-refractivity contribution in [1.29, 1.82) is 0 Å². The molecular weight excluding hydrogens is 290 g/mol. The maximum absolute atomic E-state index is 12.9. The molecule has 1 aliphatic rings. The fourth-order valence-corrected chi connectivity index (χ4v) is 4.66. The molecule has 0 spiro atoms. The number of aliphatic hydroxyl groups is 1. The highest BCUT2D eigenvalue weighted by Crippen LogP contribution is 2.26. The topological polar surface area (TPSA) is 66.8 Å². The summed E-state index contributed by atoms with van der Waals surface area (Å²) in [6.45, 7) is 7.96. The van der Waals surface area contributed by atoms with E-state index in [4.69, 9.17) is 4.74 Å². The molecule has 1 aromatic rings. The molecule has 1 fully saturated rings. The quantitative estimate of drug-likeness (QED) is 0.920. The maximum Gasteiger partial charge on any atom is 0.243 e. The Morgan fingerprint density at radius 3 is 2.33 bits per heavy atom. The van der Waals surface area contributed by atoms with E-state index in [1.807, 2.05) is 26.8 Å². The van der Waals surface area contributed by atoms with Crippen LogP contribution in [0.25, 0.3) is 0 Å². The number of benzene rings is 1. The van der Waals surface area contributed by atoms with E-state index in [1.165, 1.54) is 4.31 Å². The van der Waals surface area contributed by atoms with Crippen LogP contribution in [0.3, 0.4) is 0 Å². The summed E-state index contributed by atoms with van der Waals surface area (Å²) in [7, 11) is -3.57. The largest absolute Gasteiger partial charge is 0.392 e. The summed E-state index contributed by atoms with van der Waals surface area (Å²) in [6, 6.07) is 3.39. The highest BCUT2D eigenvalue weighted by Gasteiger charge is 2.33. The van der Waals surface area contributed by atoms with Crippen molar-refractivity contribution in [1.82, 2.24) is 4.31 Å². The van der Waals surface area contributed by atoms with Gasteiger partial charge >= 0.3 is 0 Å². The lowest BCUT2D eigenvalue weighted by molar-refractivity contribution is -0.0441. The molecule has 0 saturated carbocycles. The van der Waals surface area contributed by atoms with Gasteiger partial charge in [-0.3, -0.25) is 0 Å².